The minimum atomic E-state index is -0.396. The Balaban J connectivity index is 1.77. The van der Waals surface area contributed by atoms with Gasteiger partial charge >= 0.3 is 0 Å². The number of rotatable bonds is 3. The molecule has 0 spiro atoms. The van der Waals surface area contributed by atoms with E-state index in [9.17, 15) is 5.11 Å². The summed E-state index contributed by atoms with van der Waals surface area (Å²) in [5.41, 5.74) is 4.79. The number of thiocarbonyl (C=S) groups is 1. The summed E-state index contributed by atoms with van der Waals surface area (Å²) in [4.78, 5) is 0. The van der Waals surface area contributed by atoms with Crippen LogP contribution in [0.4, 0.5) is 5.69 Å². The largest absolute Gasteiger partial charge is 0.508 e. The van der Waals surface area contributed by atoms with Crippen LogP contribution in [-0.2, 0) is 0 Å². The molecule has 0 saturated carbocycles. The Morgan fingerprint density at radius 1 is 1.27 bits per heavy atom. The molecule has 0 fully saturated rings. The molecular weight excluding hydrogens is 350 g/mol. The molecule has 0 unspecified atom stereocenters. The monoisotopic (exact) mass is 371 g/mol. The summed E-state index contributed by atoms with van der Waals surface area (Å²) in [7, 11) is 1.61. The number of phenolic OH excluding ortho intramolecular Hbond substituents is 1. The molecule has 0 bridgehead atoms. The van der Waals surface area contributed by atoms with E-state index in [1.165, 1.54) is 0 Å². The summed E-state index contributed by atoms with van der Waals surface area (Å²) in [5, 5.41) is 17.6. The van der Waals surface area contributed by atoms with Gasteiger partial charge in [0.05, 0.1) is 12.8 Å². The second-order valence-corrected chi connectivity index (χ2v) is 6.98. The first kappa shape index (κ1) is 18.0. The van der Waals surface area contributed by atoms with Crippen LogP contribution in [0, 0.1) is 0 Å². The molecule has 3 rings (SSSR count). The van der Waals surface area contributed by atoms with Crippen LogP contribution in [-0.4, -0.2) is 28.6 Å². The number of anilines is 1. The van der Waals surface area contributed by atoms with Gasteiger partial charge < -0.3 is 19.9 Å². The first-order valence-corrected chi connectivity index (χ1v) is 8.57. The van der Waals surface area contributed by atoms with Crippen molar-refractivity contribution in [3.8, 4) is 17.2 Å². The third kappa shape index (κ3) is 4.23. The number of hydrogen-bond donors (Lipinski definition) is 3. The lowest BCUT2D eigenvalue weighted by molar-refractivity contribution is 0.111. The van der Waals surface area contributed by atoms with Crippen LogP contribution in [0.5, 0.6) is 17.2 Å². The number of ether oxygens (including phenoxy) is 2. The predicted octanol–water partition coefficient (Wildman–Crippen LogP) is 3.65. The maximum absolute atomic E-state index is 9.78. The molecule has 2 aromatic rings. The molecule has 0 radical (unpaired) electrons. The smallest absolute Gasteiger partial charge is 0.191 e. The lowest BCUT2D eigenvalue weighted by atomic mass is 9.92. The van der Waals surface area contributed by atoms with Crippen molar-refractivity contribution in [1.82, 2.24) is 5.43 Å². The van der Waals surface area contributed by atoms with Gasteiger partial charge in [0, 0.05) is 23.7 Å². The number of hydrogen-bond acceptors (Lipinski definition) is 5. The third-order valence-electron chi connectivity index (χ3n) is 3.87. The highest BCUT2D eigenvalue weighted by Gasteiger charge is 2.31. The summed E-state index contributed by atoms with van der Waals surface area (Å²) in [6.07, 6.45) is 0.582. The van der Waals surface area contributed by atoms with Crippen molar-refractivity contribution in [1.29, 1.82) is 0 Å². The third-order valence-corrected chi connectivity index (χ3v) is 4.07. The topological polar surface area (TPSA) is 75.1 Å². The minimum absolute atomic E-state index is 0.164. The van der Waals surface area contributed by atoms with E-state index in [1.54, 1.807) is 25.3 Å². The molecule has 1 aliphatic rings. The summed E-state index contributed by atoms with van der Waals surface area (Å²) in [6.45, 7) is 3.98. The number of aromatic hydroxyl groups is 1. The van der Waals surface area contributed by atoms with Gasteiger partial charge in [-0.1, -0.05) is 6.07 Å². The molecule has 136 valence electrons. The van der Waals surface area contributed by atoms with Gasteiger partial charge in [-0.2, -0.15) is 5.10 Å². The van der Waals surface area contributed by atoms with Gasteiger partial charge in [-0.05, 0) is 56.4 Å². The molecule has 0 aromatic heterocycles. The molecule has 0 aliphatic carbocycles. The van der Waals surface area contributed by atoms with E-state index in [0.29, 0.717) is 17.3 Å². The molecule has 3 N–H and O–H groups in total. The Labute approximate surface area is 157 Å². The molecule has 26 heavy (non-hydrogen) atoms. The Morgan fingerprint density at radius 2 is 2.08 bits per heavy atom. The summed E-state index contributed by atoms with van der Waals surface area (Å²) in [6, 6.07) is 12.4. The van der Waals surface area contributed by atoms with Crippen molar-refractivity contribution in [3.63, 3.8) is 0 Å². The molecule has 0 saturated heterocycles. The molecule has 7 heteroatoms. The fourth-order valence-electron chi connectivity index (χ4n) is 2.74. The van der Waals surface area contributed by atoms with E-state index in [2.05, 4.69) is 15.8 Å². The highest BCUT2D eigenvalue weighted by Crippen LogP contribution is 2.35. The van der Waals surface area contributed by atoms with Gasteiger partial charge in [-0.3, -0.25) is 5.43 Å². The summed E-state index contributed by atoms with van der Waals surface area (Å²) >= 11 is 5.31. The van der Waals surface area contributed by atoms with Gasteiger partial charge in [0.25, 0.3) is 0 Å². The first-order valence-electron chi connectivity index (χ1n) is 8.16. The van der Waals surface area contributed by atoms with Crippen molar-refractivity contribution < 1.29 is 14.6 Å². The van der Waals surface area contributed by atoms with E-state index < -0.39 is 5.60 Å². The van der Waals surface area contributed by atoms with Crippen molar-refractivity contribution in [2.45, 2.75) is 25.9 Å². The van der Waals surface area contributed by atoms with E-state index in [0.717, 1.165) is 22.7 Å². The second kappa shape index (κ2) is 7.21. The maximum Gasteiger partial charge on any atom is 0.191 e. The zero-order valence-electron chi connectivity index (χ0n) is 14.9. The highest BCUT2D eigenvalue weighted by molar-refractivity contribution is 7.80. The van der Waals surface area contributed by atoms with Crippen LogP contribution >= 0.6 is 12.2 Å². The Kier molecular flexibility index (Phi) is 4.99. The van der Waals surface area contributed by atoms with Crippen molar-refractivity contribution >= 4 is 28.7 Å². The molecule has 0 atom stereocenters. The molecular formula is C19H21N3O3S. The van der Waals surface area contributed by atoms with Crippen molar-refractivity contribution in [2.24, 2.45) is 5.10 Å². The molecule has 0 amide bonds. The number of phenols is 1. The van der Waals surface area contributed by atoms with Crippen LogP contribution < -0.4 is 20.2 Å². The zero-order chi connectivity index (χ0) is 18.7. The lowest BCUT2D eigenvalue weighted by Gasteiger charge is -2.33. The fraction of sp³-hybridized carbons (Fsp3) is 0.263. The number of methoxy groups -OCH3 is 1. The lowest BCUT2D eigenvalue weighted by Crippen LogP contribution is -2.37. The van der Waals surface area contributed by atoms with Gasteiger partial charge in [-0.15, -0.1) is 0 Å². The normalized spacial score (nSPS) is 16.3. The summed E-state index contributed by atoms with van der Waals surface area (Å²) < 4.78 is 11.1. The van der Waals surface area contributed by atoms with Gasteiger partial charge in [0.1, 0.15) is 22.8 Å². The predicted molar refractivity (Wildman–Crippen MR) is 106 cm³/mol. The van der Waals surface area contributed by atoms with E-state index >= 15 is 0 Å². The standard InChI is InChI=1S/C19H21N3O3S/c1-19(2)11-16(15-10-13(23)7-8-17(15)25-19)21-22-18(26)20-12-5-4-6-14(9-12)24-3/h4-10,23H,11H2,1-3H3,(H2,20,22,26)/b21-16-. The number of fused-ring (bicyclic) bond motifs is 1. The average Bonchev–Trinajstić information content (AvgIpc) is 2.59. The van der Waals surface area contributed by atoms with Gasteiger partial charge in [-0.25, -0.2) is 0 Å². The molecule has 6 nitrogen and oxygen atoms in total. The Hall–Kier alpha value is -2.80. The molecule has 1 aliphatic heterocycles. The number of benzene rings is 2. The number of nitrogens with zero attached hydrogens (tertiary/aromatic N) is 1. The fourth-order valence-corrected chi connectivity index (χ4v) is 2.91. The zero-order valence-corrected chi connectivity index (χ0v) is 15.7. The van der Waals surface area contributed by atoms with Crippen LogP contribution in [0.2, 0.25) is 0 Å². The van der Waals surface area contributed by atoms with Crippen LogP contribution in [0.25, 0.3) is 0 Å². The van der Waals surface area contributed by atoms with E-state index in [1.807, 2.05) is 38.1 Å². The van der Waals surface area contributed by atoms with Crippen molar-refractivity contribution in [2.75, 3.05) is 12.4 Å². The van der Waals surface area contributed by atoms with Crippen LogP contribution in [0.1, 0.15) is 25.8 Å². The SMILES string of the molecule is COc1cccc(NC(=S)N/N=C2/CC(C)(C)Oc3ccc(O)cc32)c1. The van der Waals surface area contributed by atoms with E-state index in [-0.39, 0.29) is 5.75 Å². The molecule has 2 aromatic carbocycles. The average molecular weight is 371 g/mol. The van der Waals surface area contributed by atoms with E-state index in [4.69, 9.17) is 21.7 Å². The second-order valence-electron chi connectivity index (χ2n) is 6.58. The highest BCUT2D eigenvalue weighted by atomic mass is 32.1. The Bertz CT molecular complexity index is 865. The number of hydrazone groups is 1. The van der Waals surface area contributed by atoms with Crippen LogP contribution in [0.3, 0.4) is 0 Å². The maximum atomic E-state index is 9.78. The van der Waals surface area contributed by atoms with Gasteiger partial charge in [0.2, 0.25) is 0 Å². The Morgan fingerprint density at radius 3 is 2.85 bits per heavy atom. The minimum Gasteiger partial charge on any atom is -0.508 e. The number of nitrogens with one attached hydrogen (secondary N) is 2. The van der Waals surface area contributed by atoms with Crippen molar-refractivity contribution in [3.05, 3.63) is 48.0 Å². The van der Waals surface area contributed by atoms with Gasteiger partial charge in [0.15, 0.2) is 5.11 Å². The summed E-state index contributed by atoms with van der Waals surface area (Å²) in [5.74, 6) is 1.59. The first-order chi connectivity index (χ1) is 12.4. The molecule has 1 heterocycles. The quantitative estimate of drug-likeness (QED) is 0.565. The van der Waals surface area contributed by atoms with Crippen LogP contribution in [0.15, 0.2) is 47.6 Å².